The van der Waals surface area contributed by atoms with Gasteiger partial charge in [-0.15, -0.1) is 0 Å². The maximum absolute atomic E-state index is 12.8. The predicted octanol–water partition coefficient (Wildman–Crippen LogP) is 4.09. The largest absolute Gasteiger partial charge is 0.482 e. The molecular weight excluding hydrogens is 406 g/mol. The summed E-state index contributed by atoms with van der Waals surface area (Å²) in [5.41, 5.74) is 1.45. The molecule has 1 saturated heterocycles. The normalized spacial score (nSPS) is 16.3. The Kier molecular flexibility index (Phi) is 6.16. The van der Waals surface area contributed by atoms with Crippen LogP contribution in [0, 0.1) is 0 Å². The lowest BCUT2D eigenvalue weighted by atomic mass is 10.1. The van der Waals surface area contributed by atoms with Gasteiger partial charge in [-0.25, -0.2) is 0 Å². The highest BCUT2D eigenvalue weighted by Gasteiger charge is 2.27. The molecule has 4 rings (SSSR count). The molecule has 0 unspecified atom stereocenters. The minimum Gasteiger partial charge on any atom is -0.482 e. The lowest BCUT2D eigenvalue weighted by Crippen LogP contribution is -2.42. The summed E-state index contributed by atoms with van der Waals surface area (Å²) in [5.74, 6) is -0.321. The number of nitrogens with zero attached hydrogens (tertiary/aromatic N) is 1. The summed E-state index contributed by atoms with van der Waals surface area (Å²) in [6.45, 7) is 1.43. The highest BCUT2D eigenvalue weighted by atomic mass is 35.5. The molecule has 0 aliphatic carbocycles. The highest BCUT2D eigenvalue weighted by molar-refractivity contribution is 6.30. The molecule has 0 N–H and O–H groups in total. The first-order valence-electron chi connectivity index (χ1n) is 9.56. The summed E-state index contributed by atoms with van der Waals surface area (Å²) in [7, 11) is 0. The van der Waals surface area contributed by atoms with E-state index in [1.807, 2.05) is 42.5 Å². The average molecular weight is 426 g/mol. The Balaban J connectivity index is 1.42. The predicted molar refractivity (Wildman–Crippen MR) is 112 cm³/mol. The van der Waals surface area contributed by atoms with Crippen LogP contribution in [0.15, 0.2) is 76.1 Å². The summed E-state index contributed by atoms with van der Waals surface area (Å²) in [6.07, 6.45) is 0.971. The summed E-state index contributed by atoms with van der Waals surface area (Å²) in [5, 5.41) is 0.624. The fourth-order valence-electron chi connectivity index (χ4n) is 3.22. The fourth-order valence-corrected chi connectivity index (χ4v) is 3.34. The first-order chi connectivity index (χ1) is 14.6. The second-order valence-corrected chi connectivity index (χ2v) is 7.35. The van der Waals surface area contributed by atoms with Gasteiger partial charge in [0.25, 0.3) is 5.91 Å². The zero-order chi connectivity index (χ0) is 20.9. The summed E-state index contributed by atoms with van der Waals surface area (Å²) < 4.78 is 16.7. The number of amides is 1. The summed E-state index contributed by atoms with van der Waals surface area (Å²) in [4.78, 5) is 26.9. The molecule has 154 valence electrons. The first-order valence-corrected chi connectivity index (χ1v) is 9.94. The first kappa shape index (κ1) is 20.2. The van der Waals surface area contributed by atoms with E-state index in [1.165, 1.54) is 12.3 Å². The number of ether oxygens (including phenoxy) is 2. The molecule has 1 aliphatic rings. The molecule has 2 heterocycles. The number of carbonyl (C=O) groups is 1. The van der Waals surface area contributed by atoms with Crippen LogP contribution in [0.25, 0.3) is 0 Å². The van der Waals surface area contributed by atoms with Crippen LogP contribution in [0.1, 0.15) is 27.8 Å². The molecule has 30 heavy (non-hydrogen) atoms. The van der Waals surface area contributed by atoms with E-state index in [2.05, 4.69) is 0 Å². The van der Waals surface area contributed by atoms with Gasteiger partial charge in [0.05, 0.1) is 13.2 Å². The number of rotatable bonds is 5. The topological polar surface area (TPSA) is 69.0 Å². The maximum atomic E-state index is 12.8. The third-order valence-corrected chi connectivity index (χ3v) is 5.09. The van der Waals surface area contributed by atoms with Crippen LogP contribution >= 0.6 is 11.6 Å². The second kappa shape index (κ2) is 9.15. The minimum atomic E-state index is -0.411. The van der Waals surface area contributed by atoms with E-state index in [-0.39, 0.29) is 30.1 Å². The van der Waals surface area contributed by atoms with E-state index in [1.54, 1.807) is 17.0 Å². The molecule has 7 heteroatoms. The zero-order valence-electron chi connectivity index (χ0n) is 16.1. The monoisotopic (exact) mass is 425 g/mol. The third kappa shape index (κ3) is 4.72. The summed E-state index contributed by atoms with van der Waals surface area (Å²) in [6, 6.07) is 18.0. The molecule has 1 atom stereocenters. The Morgan fingerprint density at radius 1 is 1.13 bits per heavy atom. The number of morpholine rings is 1. The average Bonchev–Trinajstić information content (AvgIpc) is 2.79. The molecule has 3 aromatic rings. The smallest absolute Gasteiger partial charge is 0.289 e. The Hall–Kier alpha value is -3.09. The van der Waals surface area contributed by atoms with Crippen molar-refractivity contribution in [3.63, 3.8) is 0 Å². The SMILES string of the molecule is O=C(c1cc(=O)c(OCc2ccc(Cl)cc2)co1)N1CCO[C@H](c2ccccc2)C1. The van der Waals surface area contributed by atoms with E-state index < -0.39 is 5.43 Å². The quantitative estimate of drug-likeness (QED) is 0.616. The molecule has 1 fully saturated rings. The Morgan fingerprint density at radius 2 is 1.90 bits per heavy atom. The molecule has 1 aliphatic heterocycles. The van der Waals surface area contributed by atoms with Crippen molar-refractivity contribution < 1.29 is 18.7 Å². The Labute approximate surface area is 178 Å². The van der Waals surface area contributed by atoms with Gasteiger partial charge in [-0.3, -0.25) is 9.59 Å². The van der Waals surface area contributed by atoms with E-state index in [9.17, 15) is 9.59 Å². The van der Waals surface area contributed by atoms with Crippen molar-refractivity contribution in [1.82, 2.24) is 4.90 Å². The Bertz CT molecular complexity index is 1060. The molecule has 0 bridgehead atoms. The van der Waals surface area contributed by atoms with E-state index in [0.29, 0.717) is 24.7 Å². The molecule has 1 amide bonds. The van der Waals surface area contributed by atoms with Gasteiger partial charge in [-0.05, 0) is 23.3 Å². The van der Waals surface area contributed by atoms with E-state index >= 15 is 0 Å². The number of carbonyl (C=O) groups excluding carboxylic acids is 1. The molecule has 0 spiro atoms. The lowest BCUT2D eigenvalue weighted by Gasteiger charge is -2.32. The number of hydrogen-bond donors (Lipinski definition) is 0. The van der Waals surface area contributed by atoms with Crippen molar-refractivity contribution in [2.75, 3.05) is 19.7 Å². The van der Waals surface area contributed by atoms with Crippen LogP contribution in [-0.2, 0) is 11.3 Å². The van der Waals surface area contributed by atoms with Crippen molar-refractivity contribution in [3.8, 4) is 5.75 Å². The van der Waals surface area contributed by atoms with E-state index in [0.717, 1.165) is 11.1 Å². The van der Waals surface area contributed by atoms with Crippen molar-refractivity contribution in [2.45, 2.75) is 12.7 Å². The highest BCUT2D eigenvalue weighted by Crippen LogP contribution is 2.23. The zero-order valence-corrected chi connectivity index (χ0v) is 16.9. The van der Waals surface area contributed by atoms with Crippen LogP contribution in [0.3, 0.4) is 0 Å². The van der Waals surface area contributed by atoms with Crippen LogP contribution in [0.2, 0.25) is 5.02 Å². The fraction of sp³-hybridized carbons (Fsp3) is 0.217. The third-order valence-electron chi connectivity index (χ3n) is 4.84. The maximum Gasteiger partial charge on any atom is 0.289 e. The van der Waals surface area contributed by atoms with Crippen LogP contribution < -0.4 is 10.2 Å². The summed E-state index contributed by atoms with van der Waals surface area (Å²) >= 11 is 5.86. The number of hydrogen-bond acceptors (Lipinski definition) is 5. The number of benzene rings is 2. The van der Waals surface area contributed by atoms with Gasteiger partial charge >= 0.3 is 0 Å². The second-order valence-electron chi connectivity index (χ2n) is 6.91. The minimum absolute atomic E-state index is 0.0208. The van der Waals surface area contributed by atoms with Crippen molar-refractivity contribution >= 4 is 17.5 Å². The van der Waals surface area contributed by atoms with Gasteiger partial charge in [0.2, 0.25) is 11.2 Å². The molecule has 1 aromatic heterocycles. The van der Waals surface area contributed by atoms with Gasteiger partial charge in [-0.2, -0.15) is 0 Å². The van der Waals surface area contributed by atoms with Crippen molar-refractivity contribution in [2.24, 2.45) is 0 Å². The number of halogens is 1. The van der Waals surface area contributed by atoms with Gasteiger partial charge in [0, 0.05) is 17.6 Å². The Morgan fingerprint density at radius 3 is 2.63 bits per heavy atom. The molecule has 6 nitrogen and oxygen atoms in total. The molecule has 2 aromatic carbocycles. The molecular formula is C23H20ClNO5. The van der Waals surface area contributed by atoms with Gasteiger partial charge < -0.3 is 18.8 Å². The van der Waals surface area contributed by atoms with Crippen LogP contribution in [0.5, 0.6) is 5.75 Å². The van der Waals surface area contributed by atoms with E-state index in [4.69, 9.17) is 25.5 Å². The standard InChI is InChI=1S/C23H20ClNO5/c24-18-8-6-16(7-9-18)14-29-22-15-30-20(12-19(22)26)23(27)25-10-11-28-21(13-25)17-4-2-1-3-5-17/h1-9,12,15,21H,10-11,13-14H2/t21-/m0/s1. The van der Waals surface area contributed by atoms with Gasteiger partial charge in [0.15, 0.2) is 5.76 Å². The van der Waals surface area contributed by atoms with Crippen LogP contribution in [0.4, 0.5) is 0 Å². The van der Waals surface area contributed by atoms with Crippen molar-refractivity contribution in [1.29, 1.82) is 0 Å². The molecule has 0 radical (unpaired) electrons. The van der Waals surface area contributed by atoms with Crippen LogP contribution in [-0.4, -0.2) is 30.5 Å². The lowest BCUT2D eigenvalue weighted by molar-refractivity contribution is -0.0238. The van der Waals surface area contributed by atoms with Gasteiger partial charge in [0.1, 0.15) is 19.0 Å². The van der Waals surface area contributed by atoms with Gasteiger partial charge in [-0.1, -0.05) is 54.1 Å². The van der Waals surface area contributed by atoms with Crippen molar-refractivity contribution in [3.05, 3.63) is 99.1 Å². The molecule has 0 saturated carbocycles.